The molecule has 1 fully saturated rings. The molecule has 0 spiro atoms. The average molecular weight is 250 g/mol. The molecule has 3 nitrogen and oxygen atoms in total. The molecule has 0 bridgehead atoms. The summed E-state index contributed by atoms with van der Waals surface area (Å²) in [5.74, 6) is 0. The number of aliphatic hydroxyl groups is 1. The van der Waals surface area contributed by atoms with E-state index in [4.69, 9.17) is 5.10 Å². The second kappa shape index (κ2) is 5.87. The fourth-order valence-corrected chi connectivity index (χ4v) is 3.22. The van der Waals surface area contributed by atoms with Gasteiger partial charge < -0.3 is 5.11 Å². The molecule has 1 aliphatic carbocycles. The third-order valence-corrected chi connectivity index (χ3v) is 4.27. The molecule has 0 radical (unpaired) electrons. The van der Waals surface area contributed by atoms with E-state index in [1.807, 2.05) is 13.8 Å². The minimum absolute atomic E-state index is 0.357. The molecule has 3 heteroatoms. The summed E-state index contributed by atoms with van der Waals surface area (Å²) >= 11 is 0. The lowest BCUT2D eigenvalue weighted by molar-refractivity contribution is 0.172. The highest BCUT2D eigenvalue weighted by Gasteiger charge is 2.22. The molecular weight excluding hydrogens is 224 g/mol. The molecule has 1 aliphatic rings. The van der Waals surface area contributed by atoms with Gasteiger partial charge in [-0.1, -0.05) is 32.6 Å². The van der Waals surface area contributed by atoms with Crippen LogP contribution in [0.15, 0.2) is 0 Å². The van der Waals surface area contributed by atoms with E-state index in [-0.39, 0.29) is 6.10 Å². The molecule has 1 heterocycles. The smallest absolute Gasteiger partial charge is 0.0823 e. The van der Waals surface area contributed by atoms with Crippen LogP contribution < -0.4 is 0 Å². The third-order valence-electron chi connectivity index (χ3n) is 4.27. The molecule has 18 heavy (non-hydrogen) atoms. The minimum atomic E-state index is -0.357. The molecule has 1 aromatic heterocycles. The van der Waals surface area contributed by atoms with Gasteiger partial charge in [0.25, 0.3) is 0 Å². The highest BCUT2D eigenvalue weighted by molar-refractivity contribution is 5.27. The maximum absolute atomic E-state index is 10.1. The summed E-state index contributed by atoms with van der Waals surface area (Å²) in [6.07, 6.45) is 8.24. The molecule has 0 aliphatic heterocycles. The first kappa shape index (κ1) is 13.6. The van der Waals surface area contributed by atoms with Crippen LogP contribution in [0.1, 0.15) is 81.0 Å². The van der Waals surface area contributed by atoms with Crippen LogP contribution in [0.3, 0.4) is 0 Å². The fraction of sp³-hybridized carbons (Fsp3) is 0.800. The van der Waals surface area contributed by atoms with Crippen molar-refractivity contribution >= 4 is 0 Å². The number of aryl methyl sites for hydroxylation is 1. The van der Waals surface area contributed by atoms with Crippen LogP contribution in [0, 0.1) is 13.8 Å². The first-order valence-electron chi connectivity index (χ1n) is 7.38. The summed E-state index contributed by atoms with van der Waals surface area (Å²) in [6.45, 7) is 6.15. The largest absolute Gasteiger partial charge is 0.388 e. The van der Waals surface area contributed by atoms with Gasteiger partial charge in [0.05, 0.1) is 17.8 Å². The normalized spacial score (nSPS) is 19.8. The number of rotatable bonds is 3. The van der Waals surface area contributed by atoms with E-state index in [2.05, 4.69) is 11.6 Å². The van der Waals surface area contributed by atoms with E-state index in [0.29, 0.717) is 6.04 Å². The van der Waals surface area contributed by atoms with E-state index < -0.39 is 0 Å². The highest BCUT2D eigenvalue weighted by atomic mass is 16.3. The van der Waals surface area contributed by atoms with E-state index in [1.54, 1.807) is 0 Å². The molecule has 1 saturated carbocycles. The molecule has 1 aromatic rings. The fourth-order valence-electron chi connectivity index (χ4n) is 3.22. The van der Waals surface area contributed by atoms with Crippen LogP contribution in [0.25, 0.3) is 0 Å². The molecule has 0 saturated heterocycles. The molecule has 0 amide bonds. The number of nitrogens with zero attached hydrogens (tertiary/aromatic N) is 2. The van der Waals surface area contributed by atoms with Crippen molar-refractivity contribution in [1.29, 1.82) is 0 Å². The van der Waals surface area contributed by atoms with Crippen LogP contribution >= 0.6 is 0 Å². The van der Waals surface area contributed by atoms with Crippen LogP contribution in [-0.4, -0.2) is 14.9 Å². The van der Waals surface area contributed by atoms with Gasteiger partial charge in [-0.25, -0.2) is 0 Å². The summed E-state index contributed by atoms with van der Waals surface area (Å²) < 4.78 is 2.19. The molecular formula is C15H26N2O. The Bertz CT molecular complexity index is 389. The lowest BCUT2D eigenvalue weighted by Crippen LogP contribution is -2.12. The van der Waals surface area contributed by atoms with E-state index in [1.165, 1.54) is 44.2 Å². The first-order chi connectivity index (χ1) is 8.65. The Morgan fingerprint density at radius 3 is 2.39 bits per heavy atom. The summed E-state index contributed by atoms with van der Waals surface area (Å²) in [7, 11) is 0. The van der Waals surface area contributed by atoms with E-state index in [9.17, 15) is 5.11 Å². The summed E-state index contributed by atoms with van der Waals surface area (Å²) in [5.41, 5.74) is 3.24. The quantitative estimate of drug-likeness (QED) is 0.828. The van der Waals surface area contributed by atoms with Gasteiger partial charge in [0.1, 0.15) is 0 Å². The predicted octanol–water partition coefficient (Wildman–Crippen LogP) is 3.84. The lowest BCUT2D eigenvalue weighted by atomic mass is 10.0. The summed E-state index contributed by atoms with van der Waals surface area (Å²) in [4.78, 5) is 0. The highest BCUT2D eigenvalue weighted by Crippen LogP contribution is 2.31. The Labute approximate surface area is 110 Å². The van der Waals surface area contributed by atoms with Gasteiger partial charge in [0.15, 0.2) is 0 Å². The third kappa shape index (κ3) is 2.61. The van der Waals surface area contributed by atoms with Crippen molar-refractivity contribution in [2.75, 3.05) is 0 Å². The van der Waals surface area contributed by atoms with Gasteiger partial charge in [0, 0.05) is 11.3 Å². The second-order valence-corrected chi connectivity index (χ2v) is 5.60. The molecule has 1 N–H and O–H groups in total. The maximum Gasteiger partial charge on any atom is 0.0823 e. The molecule has 0 aromatic carbocycles. The van der Waals surface area contributed by atoms with Gasteiger partial charge in [-0.15, -0.1) is 0 Å². The number of aromatic nitrogens is 2. The van der Waals surface area contributed by atoms with E-state index in [0.717, 1.165) is 17.7 Å². The number of hydrogen-bond donors (Lipinski definition) is 1. The Balaban J connectivity index is 2.28. The van der Waals surface area contributed by atoms with Gasteiger partial charge in [0.2, 0.25) is 0 Å². The molecule has 1 atom stereocenters. The Kier molecular flexibility index (Phi) is 4.44. The van der Waals surface area contributed by atoms with Crippen LogP contribution in [0.4, 0.5) is 0 Å². The van der Waals surface area contributed by atoms with Crippen LogP contribution in [-0.2, 0) is 0 Å². The first-order valence-corrected chi connectivity index (χ1v) is 7.38. The van der Waals surface area contributed by atoms with E-state index >= 15 is 0 Å². The standard InChI is InChI=1S/C15H26N2O/c1-4-14(18)15-11(2)16-17(12(15)3)13-9-7-5-6-8-10-13/h13-14,18H,4-10H2,1-3H3. The maximum atomic E-state index is 10.1. The SMILES string of the molecule is CCC(O)c1c(C)nn(C2CCCCCC2)c1C. The van der Waals surface area contributed by atoms with Crippen molar-refractivity contribution in [3.8, 4) is 0 Å². The zero-order valence-corrected chi connectivity index (χ0v) is 11.9. The van der Waals surface area contributed by atoms with Crippen molar-refractivity contribution < 1.29 is 5.11 Å². The predicted molar refractivity (Wildman–Crippen MR) is 73.7 cm³/mol. The number of hydrogen-bond acceptors (Lipinski definition) is 2. The van der Waals surface area contributed by atoms with Crippen molar-refractivity contribution in [2.45, 2.75) is 77.9 Å². The second-order valence-electron chi connectivity index (χ2n) is 5.60. The van der Waals surface area contributed by atoms with Crippen molar-refractivity contribution in [3.63, 3.8) is 0 Å². The number of aliphatic hydroxyl groups excluding tert-OH is 1. The molecule has 102 valence electrons. The van der Waals surface area contributed by atoms with Crippen molar-refractivity contribution in [2.24, 2.45) is 0 Å². The topological polar surface area (TPSA) is 38.1 Å². The van der Waals surface area contributed by atoms with Gasteiger partial charge in [-0.3, -0.25) is 4.68 Å². The molecule has 1 unspecified atom stereocenters. The summed E-state index contributed by atoms with van der Waals surface area (Å²) in [5, 5.41) is 14.8. The average Bonchev–Trinajstić information content (AvgIpc) is 2.59. The zero-order chi connectivity index (χ0) is 13.1. The zero-order valence-electron chi connectivity index (χ0n) is 11.9. The Morgan fingerprint density at radius 2 is 1.83 bits per heavy atom. The van der Waals surface area contributed by atoms with Crippen molar-refractivity contribution in [3.05, 3.63) is 17.0 Å². The Morgan fingerprint density at radius 1 is 1.22 bits per heavy atom. The Hall–Kier alpha value is -0.830. The van der Waals surface area contributed by atoms with Crippen molar-refractivity contribution in [1.82, 2.24) is 9.78 Å². The van der Waals surface area contributed by atoms with Gasteiger partial charge in [-0.05, 0) is 33.1 Å². The molecule has 2 rings (SSSR count). The minimum Gasteiger partial charge on any atom is -0.388 e. The monoisotopic (exact) mass is 250 g/mol. The van der Waals surface area contributed by atoms with Gasteiger partial charge in [-0.2, -0.15) is 5.10 Å². The van der Waals surface area contributed by atoms with Crippen LogP contribution in [0.2, 0.25) is 0 Å². The lowest BCUT2D eigenvalue weighted by Gasteiger charge is -2.17. The van der Waals surface area contributed by atoms with Gasteiger partial charge >= 0.3 is 0 Å². The van der Waals surface area contributed by atoms with Crippen LogP contribution in [0.5, 0.6) is 0 Å². The summed E-state index contributed by atoms with van der Waals surface area (Å²) in [6, 6.07) is 0.545.